The Morgan fingerprint density at radius 1 is 1.06 bits per heavy atom. The Kier molecular flexibility index (Phi) is 5.13. The smallest absolute Gasteiger partial charge is 0.210 e. The summed E-state index contributed by atoms with van der Waals surface area (Å²) in [4.78, 5) is 8.75. The van der Waals surface area contributed by atoms with Crippen molar-refractivity contribution < 1.29 is 4.84 Å². The van der Waals surface area contributed by atoms with Gasteiger partial charge in [0.15, 0.2) is 0 Å². The molecule has 5 rings (SSSR count). The van der Waals surface area contributed by atoms with Gasteiger partial charge in [0.05, 0.1) is 11.1 Å². The summed E-state index contributed by atoms with van der Waals surface area (Å²) in [6, 6.07) is 23.7. The maximum absolute atomic E-state index is 6.34. The molecule has 158 valence electrons. The Morgan fingerprint density at radius 3 is 2.65 bits per heavy atom. The van der Waals surface area contributed by atoms with Crippen LogP contribution in [0.2, 0.25) is 0 Å². The SMILES string of the molecule is CC[C@@]12CC(c3ccccc3)=NO[C@@H]1N(Cc1cc(C)ccc1C)c1ccc(Br)cc12. The van der Waals surface area contributed by atoms with E-state index in [2.05, 4.69) is 107 Å². The van der Waals surface area contributed by atoms with Gasteiger partial charge in [-0.2, -0.15) is 0 Å². The molecule has 0 amide bonds. The number of halogens is 1. The molecular formula is C27H27BrN2O. The van der Waals surface area contributed by atoms with Gasteiger partial charge in [-0.05, 0) is 60.7 Å². The molecular weight excluding hydrogens is 448 g/mol. The molecule has 3 nitrogen and oxygen atoms in total. The van der Waals surface area contributed by atoms with E-state index >= 15 is 0 Å². The zero-order chi connectivity index (χ0) is 21.6. The van der Waals surface area contributed by atoms with Crippen molar-refractivity contribution in [3.63, 3.8) is 0 Å². The predicted molar refractivity (Wildman–Crippen MR) is 131 cm³/mol. The summed E-state index contributed by atoms with van der Waals surface area (Å²) in [5, 5.41) is 4.64. The van der Waals surface area contributed by atoms with Gasteiger partial charge in [-0.3, -0.25) is 0 Å². The minimum absolute atomic E-state index is 0.117. The van der Waals surface area contributed by atoms with Gasteiger partial charge in [0.1, 0.15) is 0 Å². The number of hydrogen-bond acceptors (Lipinski definition) is 3. The molecule has 0 fully saturated rings. The van der Waals surface area contributed by atoms with Gasteiger partial charge in [-0.15, -0.1) is 0 Å². The van der Waals surface area contributed by atoms with E-state index in [1.807, 2.05) is 6.07 Å². The second-order valence-electron chi connectivity index (χ2n) is 8.77. The lowest BCUT2D eigenvalue weighted by Gasteiger charge is -2.40. The number of oxime groups is 1. The highest BCUT2D eigenvalue weighted by atomic mass is 79.9. The molecule has 31 heavy (non-hydrogen) atoms. The average Bonchev–Trinajstić information content (AvgIpc) is 3.06. The van der Waals surface area contributed by atoms with Crippen molar-refractivity contribution >= 4 is 27.3 Å². The lowest BCUT2D eigenvalue weighted by molar-refractivity contribution is -0.00810. The van der Waals surface area contributed by atoms with Gasteiger partial charge in [0.25, 0.3) is 0 Å². The van der Waals surface area contributed by atoms with Crippen LogP contribution in [-0.4, -0.2) is 11.9 Å². The summed E-state index contributed by atoms with van der Waals surface area (Å²) in [6.45, 7) is 7.43. The fourth-order valence-electron chi connectivity index (χ4n) is 5.10. The number of fused-ring (bicyclic) bond motifs is 3. The van der Waals surface area contributed by atoms with E-state index in [1.165, 1.54) is 27.9 Å². The summed E-state index contributed by atoms with van der Waals surface area (Å²) >= 11 is 3.71. The Labute approximate surface area is 192 Å². The molecule has 3 aromatic rings. The molecule has 2 aliphatic rings. The minimum atomic E-state index is -0.135. The van der Waals surface area contributed by atoms with Crippen LogP contribution in [0.5, 0.6) is 0 Å². The maximum atomic E-state index is 6.34. The van der Waals surface area contributed by atoms with Crippen molar-refractivity contribution in [1.82, 2.24) is 0 Å². The topological polar surface area (TPSA) is 24.8 Å². The summed E-state index contributed by atoms with van der Waals surface area (Å²) in [6.07, 6.45) is 1.73. The first kappa shape index (κ1) is 20.3. The first-order chi connectivity index (χ1) is 15.0. The van der Waals surface area contributed by atoms with Crippen LogP contribution in [0.1, 0.15) is 47.6 Å². The third-order valence-electron chi connectivity index (χ3n) is 6.89. The Bertz CT molecular complexity index is 1160. The van der Waals surface area contributed by atoms with E-state index in [4.69, 9.17) is 4.84 Å². The van der Waals surface area contributed by atoms with E-state index in [-0.39, 0.29) is 11.6 Å². The highest BCUT2D eigenvalue weighted by molar-refractivity contribution is 9.10. The maximum Gasteiger partial charge on any atom is 0.210 e. The minimum Gasteiger partial charge on any atom is -0.369 e. The van der Waals surface area contributed by atoms with Crippen LogP contribution in [0.15, 0.2) is 76.4 Å². The number of benzene rings is 3. The quantitative estimate of drug-likeness (QED) is 0.411. The monoisotopic (exact) mass is 474 g/mol. The number of aryl methyl sites for hydroxylation is 2. The molecule has 0 N–H and O–H groups in total. The molecule has 2 atom stereocenters. The van der Waals surface area contributed by atoms with Crippen molar-refractivity contribution in [2.24, 2.45) is 5.16 Å². The number of anilines is 1. The van der Waals surface area contributed by atoms with E-state index < -0.39 is 0 Å². The molecule has 2 aliphatic heterocycles. The Morgan fingerprint density at radius 2 is 1.87 bits per heavy atom. The summed E-state index contributed by atoms with van der Waals surface area (Å²) < 4.78 is 1.11. The number of nitrogens with zero attached hydrogens (tertiary/aromatic N) is 2. The molecule has 3 aromatic carbocycles. The van der Waals surface area contributed by atoms with Gasteiger partial charge < -0.3 is 9.74 Å². The van der Waals surface area contributed by atoms with Crippen molar-refractivity contribution in [1.29, 1.82) is 0 Å². The largest absolute Gasteiger partial charge is 0.369 e. The summed E-state index contributed by atoms with van der Waals surface area (Å²) in [5.74, 6) is 0. The third-order valence-corrected chi connectivity index (χ3v) is 7.38. The van der Waals surface area contributed by atoms with Crippen LogP contribution in [0.25, 0.3) is 0 Å². The second kappa shape index (κ2) is 7.83. The number of rotatable bonds is 4. The van der Waals surface area contributed by atoms with Crippen molar-refractivity contribution in [3.05, 3.63) is 99.0 Å². The molecule has 0 spiro atoms. The Balaban J connectivity index is 1.61. The van der Waals surface area contributed by atoms with Gasteiger partial charge in [0.2, 0.25) is 6.23 Å². The van der Waals surface area contributed by atoms with Gasteiger partial charge in [-0.1, -0.05) is 82.1 Å². The lowest BCUT2D eigenvalue weighted by atomic mass is 9.73. The van der Waals surface area contributed by atoms with Crippen LogP contribution in [0, 0.1) is 13.8 Å². The normalized spacial score (nSPS) is 21.9. The van der Waals surface area contributed by atoms with E-state index in [0.717, 1.165) is 35.1 Å². The molecule has 0 radical (unpaired) electrons. The predicted octanol–water partition coefficient (Wildman–Crippen LogP) is 6.88. The first-order valence-electron chi connectivity index (χ1n) is 10.9. The van der Waals surface area contributed by atoms with Gasteiger partial charge >= 0.3 is 0 Å². The van der Waals surface area contributed by atoms with E-state index in [1.54, 1.807) is 0 Å². The standard InChI is InChI=1S/C27H27BrN2O/c1-4-27-16-24(20-8-6-5-7-9-20)29-31-26(27)30(25-13-12-22(28)15-23(25)27)17-21-14-18(2)10-11-19(21)3/h5-15,26H,4,16-17H2,1-3H3/t26-,27-/m0/s1. The second-order valence-corrected chi connectivity index (χ2v) is 9.68. The molecule has 4 heteroatoms. The molecule has 0 bridgehead atoms. The third kappa shape index (κ3) is 3.38. The zero-order valence-electron chi connectivity index (χ0n) is 18.2. The Hall–Kier alpha value is -2.59. The highest BCUT2D eigenvalue weighted by Crippen LogP contribution is 2.53. The van der Waals surface area contributed by atoms with E-state index in [9.17, 15) is 0 Å². The van der Waals surface area contributed by atoms with Crippen molar-refractivity contribution in [2.45, 2.75) is 51.8 Å². The molecule has 0 unspecified atom stereocenters. The van der Waals surface area contributed by atoms with Crippen LogP contribution >= 0.6 is 15.9 Å². The lowest BCUT2D eigenvalue weighted by Crippen LogP contribution is -2.49. The first-order valence-corrected chi connectivity index (χ1v) is 11.7. The van der Waals surface area contributed by atoms with Crippen molar-refractivity contribution in [2.75, 3.05) is 4.90 Å². The van der Waals surface area contributed by atoms with Crippen LogP contribution < -0.4 is 4.90 Å². The summed E-state index contributed by atoms with van der Waals surface area (Å²) in [7, 11) is 0. The fourth-order valence-corrected chi connectivity index (χ4v) is 5.46. The van der Waals surface area contributed by atoms with Crippen LogP contribution in [0.4, 0.5) is 5.69 Å². The fraction of sp³-hybridized carbons (Fsp3) is 0.296. The van der Waals surface area contributed by atoms with Gasteiger partial charge in [-0.25, -0.2) is 0 Å². The molecule has 0 aliphatic carbocycles. The average molecular weight is 475 g/mol. The van der Waals surface area contributed by atoms with Gasteiger partial charge in [0, 0.05) is 23.1 Å². The van der Waals surface area contributed by atoms with E-state index in [0.29, 0.717) is 0 Å². The molecule has 0 aromatic heterocycles. The highest BCUT2D eigenvalue weighted by Gasteiger charge is 2.54. The zero-order valence-corrected chi connectivity index (χ0v) is 19.8. The molecule has 2 heterocycles. The molecule has 0 saturated carbocycles. The van der Waals surface area contributed by atoms with Crippen LogP contribution in [-0.2, 0) is 16.8 Å². The van der Waals surface area contributed by atoms with Crippen LogP contribution in [0.3, 0.4) is 0 Å². The summed E-state index contributed by atoms with van der Waals surface area (Å²) in [5.41, 5.74) is 8.56. The number of hydrogen-bond donors (Lipinski definition) is 0. The molecule has 0 saturated heterocycles. The van der Waals surface area contributed by atoms with Crippen molar-refractivity contribution in [3.8, 4) is 0 Å².